The largest absolute Gasteiger partial charge is 0.459 e. The average Bonchev–Trinajstić information content (AvgIpc) is 2.95. The number of benzene rings is 1. The van der Waals surface area contributed by atoms with Crippen LogP contribution in [0.4, 0.5) is 4.39 Å². The van der Waals surface area contributed by atoms with Crippen LogP contribution >= 0.6 is 15.9 Å². The Balaban J connectivity index is 2.20. The Bertz CT molecular complexity index is 791. The van der Waals surface area contributed by atoms with Crippen molar-refractivity contribution < 1.29 is 8.81 Å². The first-order valence-corrected chi connectivity index (χ1v) is 7.23. The SMILES string of the molecule is CNC(c1oc2ccc(F)cc2c1C)c1c(Br)nnn1C. The molecule has 2 aromatic heterocycles. The molecule has 0 fully saturated rings. The summed E-state index contributed by atoms with van der Waals surface area (Å²) in [4.78, 5) is 0. The molecule has 1 atom stereocenters. The number of nitrogens with zero attached hydrogens (tertiary/aromatic N) is 3. The summed E-state index contributed by atoms with van der Waals surface area (Å²) in [6.45, 7) is 1.92. The molecule has 21 heavy (non-hydrogen) atoms. The van der Waals surface area contributed by atoms with Gasteiger partial charge in [0.05, 0.1) is 5.69 Å². The van der Waals surface area contributed by atoms with E-state index < -0.39 is 0 Å². The van der Waals surface area contributed by atoms with E-state index in [-0.39, 0.29) is 11.9 Å². The normalized spacial score (nSPS) is 13.0. The Labute approximate surface area is 129 Å². The third-order valence-corrected chi connectivity index (χ3v) is 4.15. The molecular formula is C14H14BrFN4O. The van der Waals surface area contributed by atoms with Gasteiger partial charge in [-0.3, -0.25) is 0 Å². The summed E-state index contributed by atoms with van der Waals surface area (Å²) in [6.07, 6.45) is 0. The second-order valence-corrected chi connectivity index (χ2v) is 5.59. The number of fused-ring (bicyclic) bond motifs is 1. The smallest absolute Gasteiger partial charge is 0.153 e. The van der Waals surface area contributed by atoms with Crippen LogP contribution in [0.15, 0.2) is 27.2 Å². The number of hydrogen-bond donors (Lipinski definition) is 1. The van der Waals surface area contributed by atoms with E-state index in [0.717, 1.165) is 22.4 Å². The van der Waals surface area contributed by atoms with Gasteiger partial charge in [-0.1, -0.05) is 5.21 Å². The molecule has 5 nitrogen and oxygen atoms in total. The first-order valence-electron chi connectivity index (χ1n) is 6.43. The monoisotopic (exact) mass is 352 g/mol. The fraction of sp³-hybridized carbons (Fsp3) is 0.286. The Morgan fingerprint density at radius 3 is 2.81 bits per heavy atom. The van der Waals surface area contributed by atoms with Crippen LogP contribution in [0.1, 0.15) is 23.1 Å². The van der Waals surface area contributed by atoms with Crippen molar-refractivity contribution in [2.24, 2.45) is 7.05 Å². The molecule has 0 aliphatic heterocycles. The van der Waals surface area contributed by atoms with Gasteiger partial charge in [0.15, 0.2) is 4.60 Å². The van der Waals surface area contributed by atoms with E-state index in [2.05, 4.69) is 31.6 Å². The van der Waals surface area contributed by atoms with Gasteiger partial charge >= 0.3 is 0 Å². The molecule has 1 N–H and O–H groups in total. The molecule has 0 amide bonds. The van der Waals surface area contributed by atoms with Crippen molar-refractivity contribution in [3.63, 3.8) is 0 Å². The summed E-state index contributed by atoms with van der Waals surface area (Å²) in [5.41, 5.74) is 2.41. The minimum Gasteiger partial charge on any atom is -0.459 e. The summed E-state index contributed by atoms with van der Waals surface area (Å²) in [5.74, 6) is 0.450. The van der Waals surface area contributed by atoms with Crippen molar-refractivity contribution in [2.45, 2.75) is 13.0 Å². The highest BCUT2D eigenvalue weighted by atomic mass is 79.9. The Morgan fingerprint density at radius 1 is 1.43 bits per heavy atom. The Morgan fingerprint density at radius 2 is 2.19 bits per heavy atom. The van der Waals surface area contributed by atoms with Gasteiger partial charge in [-0.2, -0.15) is 0 Å². The Kier molecular flexibility index (Phi) is 3.54. The quantitative estimate of drug-likeness (QED) is 0.786. The van der Waals surface area contributed by atoms with Gasteiger partial charge < -0.3 is 9.73 Å². The fourth-order valence-corrected chi connectivity index (χ4v) is 3.08. The van der Waals surface area contributed by atoms with Gasteiger partial charge in [-0.25, -0.2) is 9.07 Å². The van der Waals surface area contributed by atoms with Gasteiger partial charge in [-0.15, -0.1) is 5.10 Å². The third-order valence-electron chi connectivity index (χ3n) is 3.59. The molecule has 3 aromatic rings. The molecule has 0 saturated heterocycles. The second-order valence-electron chi connectivity index (χ2n) is 4.84. The molecule has 7 heteroatoms. The maximum atomic E-state index is 13.4. The topological polar surface area (TPSA) is 55.9 Å². The number of halogens is 2. The summed E-state index contributed by atoms with van der Waals surface area (Å²) in [7, 11) is 3.65. The molecule has 0 aliphatic rings. The van der Waals surface area contributed by atoms with Crippen molar-refractivity contribution >= 4 is 26.9 Å². The predicted octanol–water partition coefficient (Wildman–Crippen LogP) is 3.08. The first-order chi connectivity index (χ1) is 10.0. The van der Waals surface area contributed by atoms with Crippen molar-refractivity contribution in [1.29, 1.82) is 0 Å². The van der Waals surface area contributed by atoms with Gasteiger partial charge in [-0.05, 0) is 48.1 Å². The molecule has 2 heterocycles. The van der Waals surface area contributed by atoms with Crippen LogP contribution < -0.4 is 5.32 Å². The molecule has 0 bridgehead atoms. The number of hydrogen-bond acceptors (Lipinski definition) is 4. The molecule has 3 rings (SSSR count). The minimum atomic E-state index is -0.276. The molecule has 0 aliphatic carbocycles. The van der Waals surface area contributed by atoms with Crippen LogP contribution in [0.5, 0.6) is 0 Å². The maximum Gasteiger partial charge on any atom is 0.153 e. The number of nitrogens with one attached hydrogen (secondary N) is 1. The standard InChI is InChI=1S/C14H14BrFN4O/c1-7-9-6-8(16)4-5-10(9)21-13(7)11(17-2)12-14(15)18-19-20(12)3/h4-6,11,17H,1-3H3. The lowest BCUT2D eigenvalue weighted by molar-refractivity contribution is 0.468. The molecule has 0 radical (unpaired) electrons. The zero-order valence-corrected chi connectivity index (χ0v) is 13.4. The van der Waals surface area contributed by atoms with Crippen LogP contribution in [0.25, 0.3) is 11.0 Å². The summed E-state index contributed by atoms with van der Waals surface area (Å²) in [5, 5.41) is 12.0. The van der Waals surface area contributed by atoms with E-state index in [9.17, 15) is 4.39 Å². The van der Waals surface area contributed by atoms with Crippen LogP contribution in [0, 0.1) is 12.7 Å². The zero-order valence-electron chi connectivity index (χ0n) is 11.8. The van der Waals surface area contributed by atoms with Crippen molar-refractivity contribution in [3.8, 4) is 0 Å². The van der Waals surface area contributed by atoms with Gasteiger partial charge in [0, 0.05) is 18.0 Å². The number of furan rings is 1. The minimum absolute atomic E-state index is 0.227. The highest BCUT2D eigenvalue weighted by Gasteiger charge is 2.26. The van der Waals surface area contributed by atoms with Crippen molar-refractivity contribution in [3.05, 3.63) is 45.6 Å². The Hall–Kier alpha value is -1.73. The van der Waals surface area contributed by atoms with Crippen LogP contribution in [-0.2, 0) is 7.05 Å². The highest BCUT2D eigenvalue weighted by molar-refractivity contribution is 9.10. The summed E-state index contributed by atoms with van der Waals surface area (Å²) >= 11 is 3.40. The molecule has 1 unspecified atom stereocenters. The van der Waals surface area contributed by atoms with Crippen molar-refractivity contribution in [2.75, 3.05) is 7.05 Å². The molecule has 1 aromatic carbocycles. The second kappa shape index (κ2) is 5.23. The maximum absolute atomic E-state index is 13.4. The lowest BCUT2D eigenvalue weighted by Crippen LogP contribution is -2.21. The highest BCUT2D eigenvalue weighted by Crippen LogP contribution is 2.34. The van der Waals surface area contributed by atoms with E-state index in [1.54, 1.807) is 10.7 Å². The van der Waals surface area contributed by atoms with E-state index in [0.29, 0.717) is 10.2 Å². The molecular weight excluding hydrogens is 339 g/mol. The average molecular weight is 353 g/mol. The first kappa shape index (κ1) is 14.2. The molecule has 0 saturated carbocycles. The number of aryl methyl sites for hydroxylation is 2. The molecule has 0 spiro atoms. The van der Waals surface area contributed by atoms with E-state index in [1.807, 2.05) is 21.0 Å². The third kappa shape index (κ3) is 2.26. The lowest BCUT2D eigenvalue weighted by Gasteiger charge is -2.15. The van der Waals surface area contributed by atoms with E-state index >= 15 is 0 Å². The van der Waals surface area contributed by atoms with E-state index in [1.165, 1.54) is 12.1 Å². The fourth-order valence-electron chi connectivity index (χ4n) is 2.52. The number of aromatic nitrogens is 3. The van der Waals surface area contributed by atoms with Crippen LogP contribution in [0.2, 0.25) is 0 Å². The number of rotatable bonds is 3. The summed E-state index contributed by atoms with van der Waals surface area (Å²) < 4.78 is 21.7. The zero-order chi connectivity index (χ0) is 15.1. The van der Waals surface area contributed by atoms with Gasteiger partial charge in [0.1, 0.15) is 23.2 Å². The van der Waals surface area contributed by atoms with Gasteiger partial charge in [0.2, 0.25) is 0 Å². The van der Waals surface area contributed by atoms with Crippen LogP contribution in [0.3, 0.4) is 0 Å². The molecule has 110 valence electrons. The van der Waals surface area contributed by atoms with Gasteiger partial charge in [0.25, 0.3) is 0 Å². The van der Waals surface area contributed by atoms with Crippen LogP contribution in [-0.4, -0.2) is 22.0 Å². The summed E-state index contributed by atoms with van der Waals surface area (Å²) in [6, 6.07) is 4.30. The lowest BCUT2D eigenvalue weighted by atomic mass is 10.1. The van der Waals surface area contributed by atoms with E-state index in [4.69, 9.17) is 4.42 Å². The predicted molar refractivity (Wildman–Crippen MR) is 80.5 cm³/mol. The van der Waals surface area contributed by atoms with Crippen molar-refractivity contribution in [1.82, 2.24) is 20.3 Å².